The molecule has 1 aliphatic rings. The zero-order valence-corrected chi connectivity index (χ0v) is 10.5. The summed E-state index contributed by atoms with van der Waals surface area (Å²) >= 11 is 0. The third-order valence-electron chi connectivity index (χ3n) is 3.65. The maximum atomic E-state index is 9.18. The van der Waals surface area contributed by atoms with Crippen LogP contribution in [0.25, 0.3) is 0 Å². The van der Waals surface area contributed by atoms with Crippen molar-refractivity contribution in [3.8, 4) is 0 Å². The van der Waals surface area contributed by atoms with Gasteiger partial charge in [0.05, 0.1) is 6.10 Å². The van der Waals surface area contributed by atoms with E-state index in [1.165, 1.54) is 25.7 Å². The number of hydrogen-bond donors (Lipinski definition) is 2. The minimum Gasteiger partial charge on any atom is -0.393 e. The molecule has 0 spiro atoms. The van der Waals surface area contributed by atoms with Crippen LogP contribution in [0.5, 0.6) is 0 Å². The molecule has 0 aromatic carbocycles. The summed E-state index contributed by atoms with van der Waals surface area (Å²) in [6.45, 7) is 7.50. The minimum atomic E-state index is -0.165. The lowest BCUT2D eigenvalue weighted by molar-refractivity contribution is 0.175. The Morgan fingerprint density at radius 3 is 2.60 bits per heavy atom. The van der Waals surface area contributed by atoms with E-state index in [-0.39, 0.29) is 6.10 Å². The van der Waals surface area contributed by atoms with Gasteiger partial charge in [-0.2, -0.15) is 0 Å². The van der Waals surface area contributed by atoms with Gasteiger partial charge in [-0.1, -0.05) is 26.7 Å². The van der Waals surface area contributed by atoms with Crippen LogP contribution >= 0.6 is 0 Å². The summed E-state index contributed by atoms with van der Waals surface area (Å²) < 4.78 is 0. The molecule has 1 aliphatic carbocycles. The van der Waals surface area contributed by atoms with Crippen LogP contribution in [-0.2, 0) is 0 Å². The summed E-state index contributed by atoms with van der Waals surface area (Å²) in [5.41, 5.74) is 0. The van der Waals surface area contributed by atoms with Gasteiger partial charge >= 0.3 is 0 Å². The molecule has 2 heteroatoms. The second kappa shape index (κ2) is 6.49. The van der Waals surface area contributed by atoms with Crippen molar-refractivity contribution in [1.29, 1.82) is 0 Å². The van der Waals surface area contributed by atoms with Crippen LogP contribution in [0.1, 0.15) is 52.9 Å². The molecule has 1 saturated carbocycles. The van der Waals surface area contributed by atoms with Gasteiger partial charge in [-0.05, 0) is 44.6 Å². The van der Waals surface area contributed by atoms with E-state index >= 15 is 0 Å². The van der Waals surface area contributed by atoms with E-state index in [0.717, 1.165) is 24.8 Å². The molecule has 0 amide bonds. The smallest absolute Gasteiger partial charge is 0.0524 e. The van der Waals surface area contributed by atoms with Crippen molar-refractivity contribution < 1.29 is 5.11 Å². The SMILES string of the molecule is CC(O)CCNC1CCCC(C(C)C)C1. The first-order valence-corrected chi connectivity index (χ1v) is 6.51. The first-order valence-electron chi connectivity index (χ1n) is 6.51. The van der Waals surface area contributed by atoms with Gasteiger partial charge in [-0.25, -0.2) is 0 Å². The Bertz CT molecular complexity index is 168. The zero-order valence-electron chi connectivity index (χ0n) is 10.5. The first-order chi connectivity index (χ1) is 7.09. The van der Waals surface area contributed by atoms with Crippen LogP contribution in [0, 0.1) is 11.8 Å². The van der Waals surface area contributed by atoms with Crippen LogP contribution < -0.4 is 5.32 Å². The second-order valence-electron chi connectivity index (χ2n) is 5.46. The third kappa shape index (κ3) is 4.98. The lowest BCUT2D eigenvalue weighted by atomic mass is 9.79. The van der Waals surface area contributed by atoms with Gasteiger partial charge in [0.25, 0.3) is 0 Å². The normalized spacial score (nSPS) is 29.4. The molecule has 0 radical (unpaired) electrons. The third-order valence-corrected chi connectivity index (χ3v) is 3.65. The van der Waals surface area contributed by atoms with Crippen molar-refractivity contribution >= 4 is 0 Å². The fourth-order valence-electron chi connectivity index (χ4n) is 2.51. The van der Waals surface area contributed by atoms with Crippen molar-refractivity contribution in [3.05, 3.63) is 0 Å². The number of hydrogen-bond acceptors (Lipinski definition) is 2. The molecule has 0 bridgehead atoms. The Morgan fingerprint density at radius 2 is 2.00 bits per heavy atom. The van der Waals surface area contributed by atoms with E-state index in [2.05, 4.69) is 19.2 Å². The topological polar surface area (TPSA) is 32.3 Å². The molecule has 0 aromatic heterocycles. The molecule has 90 valence electrons. The monoisotopic (exact) mass is 213 g/mol. The van der Waals surface area contributed by atoms with E-state index in [1.54, 1.807) is 0 Å². The molecular formula is C13H27NO. The van der Waals surface area contributed by atoms with Gasteiger partial charge in [0.1, 0.15) is 0 Å². The highest BCUT2D eigenvalue weighted by Crippen LogP contribution is 2.29. The summed E-state index contributed by atoms with van der Waals surface area (Å²) in [6.07, 6.45) is 6.15. The van der Waals surface area contributed by atoms with E-state index in [4.69, 9.17) is 0 Å². The predicted octanol–water partition coefficient (Wildman–Crippen LogP) is 2.56. The predicted molar refractivity (Wildman–Crippen MR) is 64.9 cm³/mol. The average Bonchev–Trinajstić information content (AvgIpc) is 2.17. The van der Waals surface area contributed by atoms with Crippen molar-refractivity contribution in [3.63, 3.8) is 0 Å². The Balaban J connectivity index is 2.18. The number of rotatable bonds is 5. The fraction of sp³-hybridized carbons (Fsp3) is 1.00. The van der Waals surface area contributed by atoms with Crippen LogP contribution in [0.2, 0.25) is 0 Å². The number of nitrogens with one attached hydrogen (secondary N) is 1. The molecule has 1 rings (SSSR count). The summed E-state index contributed by atoms with van der Waals surface area (Å²) in [7, 11) is 0. The summed E-state index contributed by atoms with van der Waals surface area (Å²) in [5, 5.41) is 12.8. The molecular weight excluding hydrogens is 186 g/mol. The molecule has 0 saturated heterocycles. The number of aliphatic hydroxyl groups is 1. The molecule has 3 unspecified atom stereocenters. The van der Waals surface area contributed by atoms with Gasteiger partial charge in [0.15, 0.2) is 0 Å². The maximum Gasteiger partial charge on any atom is 0.0524 e. The molecule has 0 heterocycles. The molecule has 15 heavy (non-hydrogen) atoms. The molecule has 2 nitrogen and oxygen atoms in total. The largest absolute Gasteiger partial charge is 0.393 e. The molecule has 0 aliphatic heterocycles. The summed E-state index contributed by atoms with van der Waals surface area (Å²) in [5.74, 6) is 1.73. The minimum absolute atomic E-state index is 0.165. The quantitative estimate of drug-likeness (QED) is 0.735. The summed E-state index contributed by atoms with van der Waals surface area (Å²) in [4.78, 5) is 0. The molecule has 2 N–H and O–H groups in total. The Kier molecular flexibility index (Phi) is 5.62. The van der Waals surface area contributed by atoms with Crippen LogP contribution in [-0.4, -0.2) is 23.8 Å². The highest BCUT2D eigenvalue weighted by atomic mass is 16.3. The Labute approximate surface area is 94.5 Å². The molecule has 1 fully saturated rings. The van der Waals surface area contributed by atoms with Gasteiger partial charge < -0.3 is 10.4 Å². The van der Waals surface area contributed by atoms with Gasteiger partial charge in [0.2, 0.25) is 0 Å². The average molecular weight is 213 g/mol. The number of aliphatic hydroxyl groups excluding tert-OH is 1. The zero-order chi connectivity index (χ0) is 11.3. The highest BCUT2D eigenvalue weighted by Gasteiger charge is 2.23. The molecule has 0 aromatic rings. The molecule has 3 atom stereocenters. The van der Waals surface area contributed by atoms with Crippen molar-refractivity contribution in [2.24, 2.45) is 11.8 Å². The van der Waals surface area contributed by atoms with Crippen LogP contribution in [0.15, 0.2) is 0 Å². The van der Waals surface area contributed by atoms with Gasteiger partial charge in [-0.3, -0.25) is 0 Å². The lowest BCUT2D eigenvalue weighted by Gasteiger charge is -2.32. The fourth-order valence-corrected chi connectivity index (χ4v) is 2.51. The van der Waals surface area contributed by atoms with E-state index in [1.807, 2.05) is 6.92 Å². The van der Waals surface area contributed by atoms with Crippen molar-refractivity contribution in [2.75, 3.05) is 6.54 Å². The van der Waals surface area contributed by atoms with E-state index in [0.29, 0.717) is 6.04 Å². The second-order valence-corrected chi connectivity index (χ2v) is 5.46. The van der Waals surface area contributed by atoms with Crippen LogP contribution in [0.4, 0.5) is 0 Å². The van der Waals surface area contributed by atoms with Gasteiger partial charge in [-0.15, -0.1) is 0 Å². The lowest BCUT2D eigenvalue weighted by Crippen LogP contribution is -2.36. The van der Waals surface area contributed by atoms with Gasteiger partial charge in [0, 0.05) is 6.04 Å². The standard InChI is InChI=1S/C13H27NO/c1-10(2)12-5-4-6-13(9-12)14-8-7-11(3)15/h10-15H,4-9H2,1-3H3. The first kappa shape index (κ1) is 13.0. The van der Waals surface area contributed by atoms with Crippen molar-refractivity contribution in [1.82, 2.24) is 5.32 Å². The van der Waals surface area contributed by atoms with Crippen LogP contribution in [0.3, 0.4) is 0 Å². The van der Waals surface area contributed by atoms with E-state index in [9.17, 15) is 5.11 Å². The van der Waals surface area contributed by atoms with Crippen molar-refractivity contribution in [2.45, 2.75) is 65.0 Å². The highest BCUT2D eigenvalue weighted by molar-refractivity contribution is 4.79. The maximum absolute atomic E-state index is 9.18. The Hall–Kier alpha value is -0.0800. The van der Waals surface area contributed by atoms with E-state index < -0.39 is 0 Å². The Morgan fingerprint density at radius 1 is 1.27 bits per heavy atom. The summed E-state index contributed by atoms with van der Waals surface area (Å²) in [6, 6.07) is 0.699.